The summed E-state index contributed by atoms with van der Waals surface area (Å²) >= 11 is 0. The molecule has 4 nitrogen and oxygen atoms in total. The van der Waals surface area contributed by atoms with Gasteiger partial charge in [0.25, 0.3) is 0 Å². The van der Waals surface area contributed by atoms with Crippen LogP contribution in [0.15, 0.2) is 73.0 Å². The van der Waals surface area contributed by atoms with E-state index < -0.39 is 5.92 Å². The Bertz CT molecular complexity index is 876. The molecule has 3 aromatic rings. The Balaban J connectivity index is 2.26. The van der Waals surface area contributed by atoms with Crippen LogP contribution in [0.25, 0.3) is 0 Å². The van der Waals surface area contributed by atoms with Crippen LogP contribution >= 0.6 is 0 Å². The van der Waals surface area contributed by atoms with E-state index in [1.807, 2.05) is 30.3 Å². The monoisotopic (exact) mass is 308 g/mol. The summed E-state index contributed by atoms with van der Waals surface area (Å²) in [5.74, 6) is 1.49. The molecule has 0 saturated carbocycles. The molecule has 2 aromatic heterocycles. The molecule has 0 bridgehead atoms. The van der Waals surface area contributed by atoms with E-state index in [4.69, 9.17) is 8.83 Å². The van der Waals surface area contributed by atoms with Crippen molar-refractivity contribution in [3.63, 3.8) is 0 Å². The lowest BCUT2D eigenvalue weighted by atomic mass is 9.93. The Morgan fingerprint density at radius 3 is 1.65 bits per heavy atom. The molecule has 1 aromatic carbocycles. The third kappa shape index (κ3) is 3.31. The summed E-state index contributed by atoms with van der Waals surface area (Å²) in [5, 5.41) is 0. The number of aryl methyl sites for hydroxylation is 2. The van der Waals surface area contributed by atoms with Crippen molar-refractivity contribution in [3.8, 4) is 0 Å². The van der Waals surface area contributed by atoms with Gasteiger partial charge in [0.15, 0.2) is 10.9 Å². The summed E-state index contributed by atoms with van der Waals surface area (Å²) in [5.41, 5.74) is 0.606. The van der Waals surface area contributed by atoms with Crippen molar-refractivity contribution < 1.29 is 8.83 Å². The fourth-order valence-electron chi connectivity index (χ4n) is 2.65. The van der Waals surface area contributed by atoms with Gasteiger partial charge < -0.3 is 8.83 Å². The Morgan fingerprint density at radius 2 is 1.22 bits per heavy atom. The standard InChI is InChI=1S/C19H16O4/c1-12-8-15(20)10-17(22-12)19(14-6-4-3-5-7-14)18-11-16(21)9-13(2)23-18/h3-11,19H,1-2H3. The van der Waals surface area contributed by atoms with Crippen LogP contribution in [0.1, 0.15) is 34.5 Å². The zero-order valence-electron chi connectivity index (χ0n) is 12.9. The van der Waals surface area contributed by atoms with Crippen molar-refractivity contribution in [2.75, 3.05) is 0 Å². The largest absolute Gasteiger partial charge is 0.465 e. The summed E-state index contributed by atoms with van der Waals surface area (Å²) in [7, 11) is 0. The minimum Gasteiger partial charge on any atom is -0.465 e. The SMILES string of the molecule is Cc1cc(=O)cc(C(c2ccccc2)c2cc(=O)cc(C)o2)o1. The molecule has 0 atom stereocenters. The van der Waals surface area contributed by atoms with Crippen molar-refractivity contribution in [3.05, 3.63) is 104 Å². The predicted octanol–water partition coefficient (Wildman–Crippen LogP) is 3.39. The van der Waals surface area contributed by atoms with E-state index in [1.165, 1.54) is 24.3 Å². The second-order valence-electron chi connectivity index (χ2n) is 5.46. The number of hydrogen-bond donors (Lipinski definition) is 0. The van der Waals surface area contributed by atoms with E-state index in [2.05, 4.69) is 0 Å². The summed E-state index contributed by atoms with van der Waals surface area (Å²) < 4.78 is 11.5. The second-order valence-corrected chi connectivity index (χ2v) is 5.46. The predicted molar refractivity (Wildman–Crippen MR) is 86.8 cm³/mol. The van der Waals surface area contributed by atoms with Crippen LogP contribution in [0.4, 0.5) is 0 Å². The molecule has 0 unspecified atom stereocenters. The maximum absolute atomic E-state index is 11.9. The summed E-state index contributed by atoms with van der Waals surface area (Å²) in [6.07, 6.45) is 0. The molecular formula is C19H16O4. The zero-order chi connectivity index (χ0) is 16.4. The molecule has 0 aliphatic rings. The fourth-order valence-corrected chi connectivity index (χ4v) is 2.65. The first kappa shape index (κ1) is 15.0. The molecule has 0 radical (unpaired) electrons. The first-order valence-electron chi connectivity index (χ1n) is 7.31. The van der Waals surface area contributed by atoms with Crippen molar-refractivity contribution in [2.45, 2.75) is 19.8 Å². The second kappa shape index (κ2) is 6.08. The van der Waals surface area contributed by atoms with Gasteiger partial charge in [-0.1, -0.05) is 30.3 Å². The quantitative estimate of drug-likeness (QED) is 0.744. The number of rotatable bonds is 3. The molecule has 0 saturated heterocycles. The van der Waals surface area contributed by atoms with Crippen LogP contribution in [0.3, 0.4) is 0 Å². The third-order valence-corrected chi connectivity index (χ3v) is 3.52. The normalized spacial score (nSPS) is 10.9. The van der Waals surface area contributed by atoms with Crippen LogP contribution in [-0.4, -0.2) is 0 Å². The highest BCUT2D eigenvalue weighted by atomic mass is 16.4. The summed E-state index contributed by atoms with van der Waals surface area (Å²) in [6, 6.07) is 15.2. The van der Waals surface area contributed by atoms with Gasteiger partial charge in [-0.05, 0) is 19.4 Å². The summed E-state index contributed by atoms with van der Waals surface area (Å²) in [4.78, 5) is 23.7. The maximum atomic E-state index is 11.9. The van der Waals surface area contributed by atoms with Gasteiger partial charge in [0.2, 0.25) is 0 Å². The number of hydrogen-bond acceptors (Lipinski definition) is 4. The van der Waals surface area contributed by atoms with Crippen LogP contribution < -0.4 is 10.9 Å². The van der Waals surface area contributed by atoms with E-state index in [1.54, 1.807) is 13.8 Å². The average molecular weight is 308 g/mol. The minimum atomic E-state index is -0.448. The van der Waals surface area contributed by atoms with E-state index in [-0.39, 0.29) is 10.9 Å². The molecule has 23 heavy (non-hydrogen) atoms. The molecule has 3 rings (SSSR count). The van der Waals surface area contributed by atoms with Crippen LogP contribution in [-0.2, 0) is 0 Å². The van der Waals surface area contributed by atoms with Crippen LogP contribution in [0.2, 0.25) is 0 Å². The first-order chi connectivity index (χ1) is 11.0. The van der Waals surface area contributed by atoms with Gasteiger partial charge in [0.1, 0.15) is 29.0 Å². The Hall–Kier alpha value is -2.88. The lowest BCUT2D eigenvalue weighted by molar-refractivity contribution is 0.408. The molecule has 4 heteroatoms. The Labute approximate surface area is 133 Å². The molecule has 0 N–H and O–H groups in total. The van der Waals surface area contributed by atoms with Crippen LogP contribution in [0, 0.1) is 13.8 Å². The highest BCUT2D eigenvalue weighted by Gasteiger charge is 2.23. The zero-order valence-corrected chi connectivity index (χ0v) is 12.9. The van der Waals surface area contributed by atoms with Gasteiger partial charge in [-0.15, -0.1) is 0 Å². The molecule has 116 valence electrons. The van der Waals surface area contributed by atoms with E-state index in [9.17, 15) is 9.59 Å². The number of benzene rings is 1. The molecule has 0 aliphatic heterocycles. The van der Waals surface area contributed by atoms with Gasteiger partial charge in [-0.2, -0.15) is 0 Å². The topological polar surface area (TPSA) is 60.4 Å². The van der Waals surface area contributed by atoms with E-state index >= 15 is 0 Å². The van der Waals surface area contributed by atoms with Crippen molar-refractivity contribution >= 4 is 0 Å². The van der Waals surface area contributed by atoms with E-state index in [0.717, 1.165) is 5.56 Å². The smallest absolute Gasteiger partial charge is 0.185 e. The van der Waals surface area contributed by atoms with Crippen molar-refractivity contribution in [1.82, 2.24) is 0 Å². The van der Waals surface area contributed by atoms with Gasteiger partial charge in [0.05, 0.1) is 0 Å². The molecule has 0 spiro atoms. The highest BCUT2D eigenvalue weighted by molar-refractivity contribution is 5.35. The maximum Gasteiger partial charge on any atom is 0.185 e. The minimum absolute atomic E-state index is 0.139. The van der Waals surface area contributed by atoms with Gasteiger partial charge in [-0.3, -0.25) is 9.59 Å². The van der Waals surface area contributed by atoms with Crippen LogP contribution in [0.5, 0.6) is 0 Å². The molecular weight excluding hydrogens is 292 g/mol. The van der Waals surface area contributed by atoms with Crippen molar-refractivity contribution in [2.24, 2.45) is 0 Å². The van der Waals surface area contributed by atoms with E-state index in [0.29, 0.717) is 23.0 Å². The molecule has 0 fully saturated rings. The lowest BCUT2D eigenvalue weighted by Crippen LogP contribution is -2.11. The van der Waals surface area contributed by atoms with Crippen molar-refractivity contribution in [1.29, 1.82) is 0 Å². The first-order valence-corrected chi connectivity index (χ1v) is 7.31. The molecule has 2 heterocycles. The summed E-state index contributed by atoms with van der Waals surface area (Å²) in [6.45, 7) is 3.44. The molecule has 0 amide bonds. The Kier molecular flexibility index (Phi) is 3.98. The van der Waals surface area contributed by atoms with Gasteiger partial charge in [-0.25, -0.2) is 0 Å². The average Bonchev–Trinajstić information content (AvgIpc) is 2.46. The molecule has 0 aliphatic carbocycles. The third-order valence-electron chi connectivity index (χ3n) is 3.52. The lowest BCUT2D eigenvalue weighted by Gasteiger charge is -2.16. The fraction of sp³-hybridized carbons (Fsp3) is 0.158. The Morgan fingerprint density at radius 1 is 0.739 bits per heavy atom. The van der Waals surface area contributed by atoms with Gasteiger partial charge >= 0.3 is 0 Å². The van der Waals surface area contributed by atoms with Gasteiger partial charge in [0, 0.05) is 24.3 Å². The highest BCUT2D eigenvalue weighted by Crippen LogP contribution is 2.31.